The van der Waals surface area contributed by atoms with E-state index >= 15 is 0 Å². The third-order valence-electron chi connectivity index (χ3n) is 1.91. The lowest BCUT2D eigenvalue weighted by atomic mass is 10.3. The summed E-state index contributed by atoms with van der Waals surface area (Å²) >= 11 is 0. The van der Waals surface area contributed by atoms with Crippen molar-refractivity contribution in [1.29, 1.82) is 0 Å². The van der Waals surface area contributed by atoms with Gasteiger partial charge in [0.25, 0.3) is 0 Å². The summed E-state index contributed by atoms with van der Waals surface area (Å²) < 4.78 is 14.1. The summed E-state index contributed by atoms with van der Waals surface area (Å²) in [5, 5.41) is 3.98. The molecule has 2 heterocycles. The van der Waals surface area contributed by atoms with Gasteiger partial charge < -0.3 is 5.73 Å². The molecule has 5 nitrogen and oxygen atoms in total. The third-order valence-corrected chi connectivity index (χ3v) is 1.91. The van der Waals surface area contributed by atoms with Crippen LogP contribution in [0, 0.1) is 5.82 Å². The molecule has 0 aromatic carbocycles. The highest BCUT2D eigenvalue weighted by Crippen LogP contribution is 2.10. The van der Waals surface area contributed by atoms with Crippen molar-refractivity contribution in [3.8, 4) is 5.82 Å². The van der Waals surface area contributed by atoms with Gasteiger partial charge in [0.1, 0.15) is 12.1 Å². The molecule has 0 radical (unpaired) electrons. The summed E-state index contributed by atoms with van der Waals surface area (Å²) in [6.45, 7) is 1.80. The molecule has 0 aliphatic heterocycles. The standard InChI is InChI=1S/C9H10FN5.ClH/c1-6(11)9-13-5-14-15(9)8-3-2-7(10)4-12-8;/h2-6H,11H2,1H3;1H. The fourth-order valence-corrected chi connectivity index (χ4v) is 1.23. The van der Waals surface area contributed by atoms with Crippen LogP contribution in [0.25, 0.3) is 5.82 Å². The summed E-state index contributed by atoms with van der Waals surface area (Å²) in [6, 6.07) is 2.59. The van der Waals surface area contributed by atoms with E-state index in [1.165, 1.54) is 23.1 Å². The lowest BCUT2D eigenvalue weighted by molar-refractivity contribution is 0.616. The maximum atomic E-state index is 12.7. The number of nitrogens with two attached hydrogens (primary N) is 1. The minimum Gasteiger partial charge on any atom is -0.322 e. The fourth-order valence-electron chi connectivity index (χ4n) is 1.23. The molecule has 0 aliphatic rings. The second kappa shape index (κ2) is 5.00. The molecule has 0 saturated heterocycles. The van der Waals surface area contributed by atoms with Gasteiger partial charge >= 0.3 is 0 Å². The van der Waals surface area contributed by atoms with E-state index in [1.54, 1.807) is 6.92 Å². The molecule has 2 aromatic heterocycles. The normalized spacial score (nSPS) is 11.9. The number of halogens is 2. The van der Waals surface area contributed by atoms with Gasteiger partial charge in [-0.25, -0.2) is 14.4 Å². The van der Waals surface area contributed by atoms with Crippen molar-refractivity contribution in [2.24, 2.45) is 5.73 Å². The molecule has 0 fully saturated rings. The first kappa shape index (κ1) is 12.5. The van der Waals surface area contributed by atoms with E-state index in [4.69, 9.17) is 5.73 Å². The predicted molar refractivity (Wildman–Crippen MR) is 59.0 cm³/mol. The Morgan fingerprint density at radius 3 is 2.69 bits per heavy atom. The monoisotopic (exact) mass is 243 g/mol. The van der Waals surface area contributed by atoms with Crippen molar-refractivity contribution in [1.82, 2.24) is 19.7 Å². The van der Waals surface area contributed by atoms with Gasteiger partial charge in [-0.1, -0.05) is 0 Å². The topological polar surface area (TPSA) is 69.6 Å². The Hall–Kier alpha value is -1.53. The van der Waals surface area contributed by atoms with Gasteiger partial charge in [0.2, 0.25) is 0 Å². The van der Waals surface area contributed by atoms with E-state index in [-0.39, 0.29) is 24.3 Å². The Morgan fingerprint density at radius 2 is 2.12 bits per heavy atom. The van der Waals surface area contributed by atoms with Crippen molar-refractivity contribution in [2.45, 2.75) is 13.0 Å². The van der Waals surface area contributed by atoms with Crippen LogP contribution in [0.3, 0.4) is 0 Å². The van der Waals surface area contributed by atoms with Crippen molar-refractivity contribution >= 4 is 12.4 Å². The van der Waals surface area contributed by atoms with Crippen LogP contribution in [0.15, 0.2) is 24.7 Å². The maximum Gasteiger partial charge on any atom is 0.155 e. The Kier molecular flexibility index (Phi) is 3.92. The van der Waals surface area contributed by atoms with Crippen LogP contribution < -0.4 is 5.73 Å². The number of aromatic nitrogens is 4. The minimum absolute atomic E-state index is 0. The van der Waals surface area contributed by atoms with Gasteiger partial charge in [0.05, 0.1) is 12.2 Å². The number of pyridine rings is 1. The van der Waals surface area contributed by atoms with E-state index < -0.39 is 0 Å². The average Bonchev–Trinajstić information content (AvgIpc) is 2.67. The van der Waals surface area contributed by atoms with E-state index in [1.807, 2.05) is 0 Å². The van der Waals surface area contributed by atoms with Crippen LogP contribution in [-0.4, -0.2) is 19.7 Å². The molecule has 0 bridgehead atoms. The number of hydrogen-bond donors (Lipinski definition) is 1. The molecule has 1 unspecified atom stereocenters. The first-order valence-electron chi connectivity index (χ1n) is 4.46. The number of rotatable bonds is 2. The Bertz CT molecular complexity index is 453. The van der Waals surface area contributed by atoms with E-state index in [0.29, 0.717) is 11.6 Å². The van der Waals surface area contributed by atoms with E-state index in [0.717, 1.165) is 6.20 Å². The van der Waals surface area contributed by atoms with E-state index in [2.05, 4.69) is 15.1 Å². The van der Waals surface area contributed by atoms with Crippen LogP contribution in [-0.2, 0) is 0 Å². The van der Waals surface area contributed by atoms with Crippen LogP contribution in [0.1, 0.15) is 18.8 Å². The average molecular weight is 244 g/mol. The summed E-state index contributed by atoms with van der Waals surface area (Å²) in [7, 11) is 0. The summed E-state index contributed by atoms with van der Waals surface area (Å²) in [5.74, 6) is 0.705. The molecule has 2 N–H and O–H groups in total. The zero-order valence-electron chi connectivity index (χ0n) is 8.54. The first-order valence-corrected chi connectivity index (χ1v) is 4.46. The molecular formula is C9H11ClFN5. The van der Waals surface area contributed by atoms with Gasteiger partial charge in [-0.05, 0) is 19.1 Å². The Balaban J connectivity index is 0.00000128. The zero-order chi connectivity index (χ0) is 10.8. The van der Waals surface area contributed by atoms with Crippen LogP contribution in [0.4, 0.5) is 4.39 Å². The molecule has 7 heteroatoms. The highest BCUT2D eigenvalue weighted by molar-refractivity contribution is 5.85. The molecule has 1 atom stereocenters. The lowest BCUT2D eigenvalue weighted by Crippen LogP contribution is -2.14. The van der Waals surface area contributed by atoms with Gasteiger partial charge in [-0.3, -0.25) is 0 Å². The van der Waals surface area contributed by atoms with Crippen LogP contribution in [0.5, 0.6) is 0 Å². The fraction of sp³-hybridized carbons (Fsp3) is 0.222. The SMILES string of the molecule is CC(N)c1ncnn1-c1ccc(F)cn1.Cl. The second-order valence-electron chi connectivity index (χ2n) is 3.15. The molecule has 2 rings (SSSR count). The quantitative estimate of drug-likeness (QED) is 0.862. The minimum atomic E-state index is -0.388. The highest BCUT2D eigenvalue weighted by Gasteiger charge is 2.11. The van der Waals surface area contributed by atoms with Gasteiger partial charge in [0, 0.05) is 0 Å². The molecule has 86 valence electrons. The van der Waals surface area contributed by atoms with Crippen LogP contribution >= 0.6 is 12.4 Å². The molecular weight excluding hydrogens is 233 g/mol. The highest BCUT2D eigenvalue weighted by atomic mass is 35.5. The lowest BCUT2D eigenvalue weighted by Gasteiger charge is -2.06. The maximum absolute atomic E-state index is 12.7. The molecule has 0 saturated carbocycles. The van der Waals surface area contributed by atoms with Crippen molar-refractivity contribution in [3.63, 3.8) is 0 Å². The number of hydrogen-bond acceptors (Lipinski definition) is 4. The Labute approximate surface area is 97.9 Å². The van der Waals surface area contributed by atoms with Crippen molar-refractivity contribution in [3.05, 3.63) is 36.3 Å². The molecule has 0 aliphatic carbocycles. The van der Waals surface area contributed by atoms with Gasteiger partial charge in [0.15, 0.2) is 11.6 Å². The third kappa shape index (κ3) is 2.34. The number of nitrogens with zero attached hydrogens (tertiary/aromatic N) is 4. The van der Waals surface area contributed by atoms with E-state index in [9.17, 15) is 4.39 Å². The van der Waals surface area contributed by atoms with Crippen molar-refractivity contribution < 1.29 is 4.39 Å². The first-order chi connectivity index (χ1) is 7.18. The zero-order valence-corrected chi connectivity index (χ0v) is 9.36. The molecule has 0 amide bonds. The Morgan fingerprint density at radius 1 is 1.38 bits per heavy atom. The van der Waals surface area contributed by atoms with Crippen LogP contribution in [0.2, 0.25) is 0 Å². The van der Waals surface area contributed by atoms with Gasteiger partial charge in [-0.2, -0.15) is 9.78 Å². The van der Waals surface area contributed by atoms with Gasteiger partial charge in [-0.15, -0.1) is 12.4 Å². The summed E-state index contributed by atoms with van der Waals surface area (Å²) in [4.78, 5) is 7.90. The summed E-state index contributed by atoms with van der Waals surface area (Å²) in [6.07, 6.45) is 2.52. The van der Waals surface area contributed by atoms with Crippen molar-refractivity contribution in [2.75, 3.05) is 0 Å². The second-order valence-corrected chi connectivity index (χ2v) is 3.15. The molecule has 16 heavy (non-hydrogen) atoms. The molecule has 0 spiro atoms. The smallest absolute Gasteiger partial charge is 0.155 e. The largest absolute Gasteiger partial charge is 0.322 e. The molecule has 2 aromatic rings. The predicted octanol–water partition coefficient (Wildman–Crippen LogP) is 1.24. The summed E-state index contributed by atoms with van der Waals surface area (Å²) in [5.41, 5.74) is 5.70.